The molecule has 2 nitrogen and oxygen atoms in total. The molecule has 2 unspecified atom stereocenters. The van der Waals surface area contributed by atoms with Crippen LogP contribution in [0.25, 0.3) is 0 Å². The monoisotopic (exact) mass is 169 g/mol. The van der Waals surface area contributed by atoms with Crippen LogP contribution in [0.15, 0.2) is 12.2 Å². The smallest absolute Gasteiger partial charge is 0.0730 e. The van der Waals surface area contributed by atoms with E-state index in [1.165, 1.54) is 5.57 Å². The van der Waals surface area contributed by atoms with E-state index in [2.05, 4.69) is 20.4 Å². The van der Waals surface area contributed by atoms with Crippen molar-refractivity contribution in [2.75, 3.05) is 6.61 Å². The third-order valence-electron chi connectivity index (χ3n) is 2.82. The van der Waals surface area contributed by atoms with Crippen molar-refractivity contribution in [2.45, 2.75) is 44.8 Å². The van der Waals surface area contributed by atoms with Crippen molar-refractivity contribution in [1.82, 2.24) is 0 Å². The van der Waals surface area contributed by atoms with Crippen LogP contribution in [-0.4, -0.2) is 18.2 Å². The zero-order chi connectivity index (χ0) is 9.19. The van der Waals surface area contributed by atoms with Crippen molar-refractivity contribution >= 4 is 0 Å². The fourth-order valence-corrected chi connectivity index (χ4v) is 1.62. The van der Waals surface area contributed by atoms with Crippen molar-refractivity contribution in [3.8, 4) is 0 Å². The highest BCUT2D eigenvalue weighted by atomic mass is 16.5. The lowest BCUT2D eigenvalue weighted by Crippen LogP contribution is -2.46. The predicted octanol–water partition coefficient (Wildman–Crippen LogP) is 1.85. The van der Waals surface area contributed by atoms with Crippen LogP contribution in [0.1, 0.15) is 33.1 Å². The first kappa shape index (κ1) is 9.75. The van der Waals surface area contributed by atoms with Gasteiger partial charge in [0, 0.05) is 12.1 Å². The zero-order valence-electron chi connectivity index (χ0n) is 8.10. The molecule has 1 saturated heterocycles. The Balaban J connectivity index is 2.53. The molecule has 0 aromatic rings. The molecule has 1 fully saturated rings. The van der Waals surface area contributed by atoms with Gasteiger partial charge in [0.15, 0.2) is 0 Å². The molecule has 1 aliphatic rings. The van der Waals surface area contributed by atoms with Gasteiger partial charge in [0.2, 0.25) is 0 Å². The van der Waals surface area contributed by atoms with Gasteiger partial charge >= 0.3 is 0 Å². The average Bonchev–Trinajstić information content (AvgIpc) is 2.32. The normalized spacial score (nSPS) is 35.4. The summed E-state index contributed by atoms with van der Waals surface area (Å²) >= 11 is 0. The van der Waals surface area contributed by atoms with Gasteiger partial charge in [-0.15, -0.1) is 0 Å². The highest BCUT2D eigenvalue weighted by Gasteiger charge is 2.37. The summed E-state index contributed by atoms with van der Waals surface area (Å²) < 4.78 is 5.45. The molecule has 0 spiro atoms. The summed E-state index contributed by atoms with van der Waals surface area (Å²) in [6, 6.07) is 0. The van der Waals surface area contributed by atoms with Gasteiger partial charge in [-0.25, -0.2) is 0 Å². The summed E-state index contributed by atoms with van der Waals surface area (Å²) in [6.07, 6.45) is 3.07. The van der Waals surface area contributed by atoms with Gasteiger partial charge in [-0.1, -0.05) is 19.1 Å². The van der Waals surface area contributed by atoms with E-state index in [1.54, 1.807) is 0 Å². The molecule has 0 radical (unpaired) electrons. The molecule has 0 saturated carbocycles. The van der Waals surface area contributed by atoms with E-state index in [0.29, 0.717) is 0 Å². The SMILES string of the molecule is C=C(CC)CC1(N)CCOC1C. The second-order valence-corrected chi connectivity index (χ2v) is 3.78. The minimum atomic E-state index is -0.146. The lowest BCUT2D eigenvalue weighted by Gasteiger charge is -2.28. The first-order valence-electron chi connectivity index (χ1n) is 4.65. The summed E-state index contributed by atoms with van der Waals surface area (Å²) in [4.78, 5) is 0. The highest BCUT2D eigenvalue weighted by Crippen LogP contribution is 2.29. The molecule has 2 N–H and O–H groups in total. The van der Waals surface area contributed by atoms with E-state index in [0.717, 1.165) is 25.9 Å². The first-order valence-corrected chi connectivity index (χ1v) is 4.65. The lowest BCUT2D eigenvalue weighted by atomic mass is 9.86. The van der Waals surface area contributed by atoms with Crippen LogP contribution < -0.4 is 5.73 Å². The maximum atomic E-state index is 6.19. The largest absolute Gasteiger partial charge is 0.377 e. The van der Waals surface area contributed by atoms with E-state index in [4.69, 9.17) is 10.5 Å². The van der Waals surface area contributed by atoms with Crippen molar-refractivity contribution < 1.29 is 4.74 Å². The van der Waals surface area contributed by atoms with Crippen molar-refractivity contribution in [3.63, 3.8) is 0 Å². The fourth-order valence-electron chi connectivity index (χ4n) is 1.62. The number of rotatable bonds is 3. The summed E-state index contributed by atoms with van der Waals surface area (Å²) in [6.45, 7) is 8.95. The fraction of sp³-hybridized carbons (Fsp3) is 0.800. The van der Waals surface area contributed by atoms with E-state index in [1.807, 2.05) is 0 Å². The standard InChI is InChI=1S/C10H19NO/c1-4-8(2)7-10(11)5-6-12-9(10)3/h9H,2,4-7,11H2,1,3H3. The molecule has 0 bridgehead atoms. The minimum absolute atomic E-state index is 0.146. The lowest BCUT2D eigenvalue weighted by molar-refractivity contribution is 0.0953. The Bertz CT molecular complexity index is 179. The summed E-state index contributed by atoms with van der Waals surface area (Å²) in [5.74, 6) is 0. The van der Waals surface area contributed by atoms with Crippen LogP contribution in [0.2, 0.25) is 0 Å². The van der Waals surface area contributed by atoms with Crippen LogP contribution in [0.4, 0.5) is 0 Å². The zero-order valence-corrected chi connectivity index (χ0v) is 8.10. The van der Waals surface area contributed by atoms with E-state index < -0.39 is 0 Å². The molecule has 1 aliphatic heterocycles. The Kier molecular flexibility index (Phi) is 2.91. The van der Waals surface area contributed by atoms with Crippen molar-refractivity contribution in [3.05, 3.63) is 12.2 Å². The molecule has 70 valence electrons. The van der Waals surface area contributed by atoms with Gasteiger partial charge in [0.05, 0.1) is 6.10 Å². The van der Waals surface area contributed by atoms with Gasteiger partial charge in [-0.05, 0) is 26.2 Å². The molecule has 0 amide bonds. The van der Waals surface area contributed by atoms with E-state index >= 15 is 0 Å². The molecular formula is C10H19NO. The second kappa shape index (κ2) is 3.58. The van der Waals surface area contributed by atoms with Gasteiger partial charge in [-0.2, -0.15) is 0 Å². The van der Waals surface area contributed by atoms with Crippen LogP contribution in [0.5, 0.6) is 0 Å². The van der Waals surface area contributed by atoms with Crippen LogP contribution >= 0.6 is 0 Å². The van der Waals surface area contributed by atoms with Crippen molar-refractivity contribution in [2.24, 2.45) is 5.73 Å². The van der Waals surface area contributed by atoms with Crippen LogP contribution in [0.3, 0.4) is 0 Å². The highest BCUT2D eigenvalue weighted by molar-refractivity contribution is 5.07. The first-order chi connectivity index (χ1) is 5.58. The second-order valence-electron chi connectivity index (χ2n) is 3.78. The van der Waals surface area contributed by atoms with Gasteiger partial charge in [0.25, 0.3) is 0 Å². The molecule has 12 heavy (non-hydrogen) atoms. The Labute approximate surface area is 74.8 Å². The number of nitrogens with two attached hydrogens (primary N) is 1. The molecule has 0 aliphatic carbocycles. The van der Waals surface area contributed by atoms with Gasteiger partial charge < -0.3 is 10.5 Å². The topological polar surface area (TPSA) is 35.2 Å². The van der Waals surface area contributed by atoms with Crippen LogP contribution in [0, 0.1) is 0 Å². The summed E-state index contributed by atoms with van der Waals surface area (Å²) in [7, 11) is 0. The third-order valence-corrected chi connectivity index (χ3v) is 2.82. The Morgan fingerprint density at radius 3 is 2.83 bits per heavy atom. The maximum absolute atomic E-state index is 6.19. The molecule has 0 aromatic heterocycles. The van der Waals surface area contributed by atoms with Crippen molar-refractivity contribution in [1.29, 1.82) is 0 Å². The minimum Gasteiger partial charge on any atom is -0.377 e. The quantitative estimate of drug-likeness (QED) is 0.654. The molecule has 0 aromatic carbocycles. The van der Waals surface area contributed by atoms with Gasteiger partial charge in [-0.3, -0.25) is 0 Å². The number of ether oxygens (including phenoxy) is 1. The van der Waals surface area contributed by atoms with E-state index in [-0.39, 0.29) is 11.6 Å². The Hall–Kier alpha value is -0.340. The Morgan fingerprint density at radius 1 is 1.75 bits per heavy atom. The van der Waals surface area contributed by atoms with E-state index in [9.17, 15) is 0 Å². The molecular weight excluding hydrogens is 150 g/mol. The van der Waals surface area contributed by atoms with Crippen LogP contribution in [-0.2, 0) is 4.74 Å². The summed E-state index contributed by atoms with van der Waals surface area (Å²) in [5.41, 5.74) is 7.28. The average molecular weight is 169 g/mol. The predicted molar refractivity (Wildman–Crippen MR) is 51.0 cm³/mol. The number of hydrogen-bond acceptors (Lipinski definition) is 2. The van der Waals surface area contributed by atoms with Gasteiger partial charge in [0.1, 0.15) is 0 Å². The molecule has 2 heteroatoms. The molecule has 1 heterocycles. The molecule has 2 atom stereocenters. The molecule has 1 rings (SSSR count). The Morgan fingerprint density at radius 2 is 2.42 bits per heavy atom. The number of hydrogen-bond donors (Lipinski definition) is 1. The third kappa shape index (κ3) is 1.87. The maximum Gasteiger partial charge on any atom is 0.0730 e. The summed E-state index contributed by atoms with van der Waals surface area (Å²) in [5, 5.41) is 0.